The van der Waals surface area contributed by atoms with Crippen LogP contribution in [0.5, 0.6) is 11.5 Å². The molecule has 0 aliphatic carbocycles. The summed E-state index contributed by atoms with van der Waals surface area (Å²) < 4.78 is 25.4. The Morgan fingerprint density at radius 2 is 2.00 bits per heavy atom. The van der Waals surface area contributed by atoms with E-state index in [1.54, 1.807) is 30.6 Å². The second-order valence-corrected chi connectivity index (χ2v) is 7.44. The summed E-state index contributed by atoms with van der Waals surface area (Å²) in [6.07, 6.45) is 3.36. The van der Waals surface area contributed by atoms with E-state index in [2.05, 4.69) is 9.97 Å². The molecule has 8 heteroatoms. The second kappa shape index (κ2) is 7.14. The summed E-state index contributed by atoms with van der Waals surface area (Å²) in [7, 11) is 0. The highest BCUT2D eigenvalue weighted by Crippen LogP contribution is 2.40. The van der Waals surface area contributed by atoms with Gasteiger partial charge in [-0.15, -0.1) is 0 Å². The van der Waals surface area contributed by atoms with Crippen molar-refractivity contribution in [1.82, 2.24) is 9.97 Å². The van der Waals surface area contributed by atoms with Crippen LogP contribution in [0.4, 0.5) is 9.52 Å². The van der Waals surface area contributed by atoms with Crippen molar-refractivity contribution < 1.29 is 18.7 Å². The molecule has 2 aromatic carbocycles. The Bertz CT molecular complexity index is 1170. The van der Waals surface area contributed by atoms with Crippen molar-refractivity contribution in [2.45, 2.75) is 6.54 Å². The van der Waals surface area contributed by atoms with E-state index in [0.29, 0.717) is 22.1 Å². The SMILES string of the molecule is O=C(c1cccc(F)c1)N(Cc1cccnc1)c1nc2cc3c(cc2s1)OCO3. The number of rotatable bonds is 4. The molecule has 1 aliphatic heterocycles. The Balaban J connectivity index is 1.57. The van der Waals surface area contributed by atoms with Gasteiger partial charge in [-0.25, -0.2) is 9.37 Å². The van der Waals surface area contributed by atoms with Crippen LogP contribution in [-0.4, -0.2) is 22.7 Å². The minimum Gasteiger partial charge on any atom is -0.454 e. The Kier molecular flexibility index (Phi) is 4.33. The number of aromatic nitrogens is 2. The van der Waals surface area contributed by atoms with Crippen molar-refractivity contribution in [3.8, 4) is 11.5 Å². The highest BCUT2D eigenvalue weighted by molar-refractivity contribution is 7.22. The van der Waals surface area contributed by atoms with Gasteiger partial charge in [0.15, 0.2) is 16.6 Å². The number of halogens is 1. The van der Waals surface area contributed by atoms with Crippen LogP contribution in [0.25, 0.3) is 10.2 Å². The smallest absolute Gasteiger partial charge is 0.260 e. The third kappa shape index (κ3) is 3.38. The zero-order chi connectivity index (χ0) is 19.8. The second-order valence-electron chi connectivity index (χ2n) is 6.43. The van der Waals surface area contributed by atoms with Gasteiger partial charge in [-0.2, -0.15) is 0 Å². The van der Waals surface area contributed by atoms with Gasteiger partial charge in [-0.05, 0) is 29.8 Å². The van der Waals surface area contributed by atoms with Crippen LogP contribution < -0.4 is 14.4 Å². The molecule has 0 saturated heterocycles. The van der Waals surface area contributed by atoms with E-state index in [4.69, 9.17) is 9.47 Å². The van der Waals surface area contributed by atoms with E-state index in [1.807, 2.05) is 12.1 Å². The van der Waals surface area contributed by atoms with Crippen LogP contribution in [0.2, 0.25) is 0 Å². The molecule has 1 aliphatic rings. The van der Waals surface area contributed by atoms with E-state index in [1.165, 1.54) is 34.4 Å². The maximum Gasteiger partial charge on any atom is 0.260 e. The molecule has 0 fully saturated rings. The standard InChI is InChI=1S/C21H14FN3O3S/c22-15-5-1-4-14(7-15)20(26)25(11-13-3-2-6-23-10-13)21-24-16-8-17-18(28-12-27-17)9-19(16)29-21/h1-10H,11-12H2. The van der Waals surface area contributed by atoms with E-state index in [-0.39, 0.29) is 24.8 Å². The predicted molar refractivity (Wildman–Crippen MR) is 107 cm³/mol. The summed E-state index contributed by atoms with van der Waals surface area (Å²) in [4.78, 5) is 23.5. The van der Waals surface area contributed by atoms with E-state index in [9.17, 15) is 9.18 Å². The molecule has 0 unspecified atom stereocenters. The minimum absolute atomic E-state index is 0.185. The molecule has 1 amide bonds. The molecular formula is C21H14FN3O3S. The quantitative estimate of drug-likeness (QED) is 0.502. The fraction of sp³-hybridized carbons (Fsp3) is 0.0952. The lowest BCUT2D eigenvalue weighted by Crippen LogP contribution is -2.30. The highest BCUT2D eigenvalue weighted by Gasteiger charge is 2.24. The topological polar surface area (TPSA) is 64.6 Å². The molecule has 2 aromatic heterocycles. The van der Waals surface area contributed by atoms with Crippen molar-refractivity contribution >= 4 is 32.6 Å². The van der Waals surface area contributed by atoms with Crippen molar-refractivity contribution in [3.63, 3.8) is 0 Å². The van der Waals surface area contributed by atoms with Crippen LogP contribution in [0.3, 0.4) is 0 Å². The van der Waals surface area contributed by atoms with Crippen LogP contribution in [0.15, 0.2) is 60.9 Å². The van der Waals surface area contributed by atoms with Crippen LogP contribution >= 0.6 is 11.3 Å². The first-order valence-electron chi connectivity index (χ1n) is 8.84. The highest BCUT2D eigenvalue weighted by atomic mass is 32.1. The third-order valence-corrected chi connectivity index (χ3v) is 5.52. The molecule has 0 atom stereocenters. The fourth-order valence-corrected chi connectivity index (χ4v) is 4.07. The average molecular weight is 407 g/mol. The van der Waals surface area contributed by atoms with Gasteiger partial charge in [0.05, 0.1) is 16.8 Å². The van der Waals surface area contributed by atoms with Gasteiger partial charge in [-0.1, -0.05) is 23.5 Å². The number of thiazole rings is 1. The van der Waals surface area contributed by atoms with Gasteiger partial charge in [0.1, 0.15) is 5.82 Å². The zero-order valence-corrected chi connectivity index (χ0v) is 15.9. The molecule has 0 saturated carbocycles. The van der Waals surface area contributed by atoms with Gasteiger partial charge < -0.3 is 9.47 Å². The zero-order valence-electron chi connectivity index (χ0n) is 15.0. The summed E-state index contributed by atoms with van der Waals surface area (Å²) in [5.74, 6) is 0.479. The molecule has 3 heterocycles. The lowest BCUT2D eigenvalue weighted by molar-refractivity contribution is 0.0984. The van der Waals surface area contributed by atoms with Crippen molar-refractivity contribution in [2.24, 2.45) is 0 Å². The summed E-state index contributed by atoms with van der Waals surface area (Å²) in [5.41, 5.74) is 1.80. The van der Waals surface area contributed by atoms with Gasteiger partial charge in [0.2, 0.25) is 6.79 Å². The van der Waals surface area contributed by atoms with Gasteiger partial charge in [0, 0.05) is 30.1 Å². The number of amides is 1. The van der Waals surface area contributed by atoms with Gasteiger partial charge in [0.25, 0.3) is 5.91 Å². The molecular weight excluding hydrogens is 393 g/mol. The van der Waals surface area contributed by atoms with E-state index >= 15 is 0 Å². The largest absolute Gasteiger partial charge is 0.454 e. The first-order valence-corrected chi connectivity index (χ1v) is 9.65. The van der Waals surface area contributed by atoms with Crippen molar-refractivity contribution in [2.75, 3.05) is 11.7 Å². The first-order chi connectivity index (χ1) is 14.2. The van der Waals surface area contributed by atoms with Gasteiger partial charge >= 0.3 is 0 Å². The third-order valence-electron chi connectivity index (χ3n) is 4.48. The van der Waals surface area contributed by atoms with Crippen LogP contribution in [0, 0.1) is 5.82 Å². The minimum atomic E-state index is -0.466. The average Bonchev–Trinajstić information content (AvgIpc) is 3.36. The maximum atomic E-state index is 13.7. The van der Waals surface area contributed by atoms with E-state index in [0.717, 1.165) is 10.3 Å². The predicted octanol–water partition coefficient (Wildman–Crippen LogP) is 4.41. The summed E-state index contributed by atoms with van der Waals surface area (Å²) >= 11 is 1.36. The Morgan fingerprint density at radius 1 is 1.14 bits per heavy atom. The fourth-order valence-electron chi connectivity index (χ4n) is 3.10. The van der Waals surface area contributed by atoms with Gasteiger partial charge in [-0.3, -0.25) is 14.7 Å². The number of benzene rings is 2. The van der Waals surface area contributed by atoms with Crippen LogP contribution in [0.1, 0.15) is 15.9 Å². The number of pyridine rings is 1. The lowest BCUT2D eigenvalue weighted by Gasteiger charge is -2.20. The molecule has 5 rings (SSSR count). The number of ether oxygens (including phenoxy) is 2. The Labute approximate surface area is 169 Å². The molecule has 144 valence electrons. The lowest BCUT2D eigenvalue weighted by atomic mass is 10.2. The summed E-state index contributed by atoms with van der Waals surface area (Å²) in [5, 5.41) is 0.502. The molecule has 4 aromatic rings. The number of carbonyl (C=O) groups excluding carboxylic acids is 1. The summed E-state index contributed by atoms with van der Waals surface area (Å²) in [6.45, 7) is 0.445. The summed E-state index contributed by atoms with van der Waals surface area (Å²) in [6, 6.07) is 13.0. The molecule has 0 spiro atoms. The number of carbonyl (C=O) groups is 1. The van der Waals surface area contributed by atoms with Crippen molar-refractivity contribution in [1.29, 1.82) is 0 Å². The molecule has 0 bridgehead atoms. The normalized spacial score (nSPS) is 12.3. The van der Waals surface area contributed by atoms with Crippen molar-refractivity contribution in [3.05, 3.63) is 77.9 Å². The number of fused-ring (bicyclic) bond motifs is 2. The molecule has 0 N–H and O–H groups in total. The number of anilines is 1. The Hall–Kier alpha value is -3.52. The van der Waals surface area contributed by atoms with Crippen LogP contribution in [-0.2, 0) is 6.54 Å². The first kappa shape index (κ1) is 17.6. The van der Waals surface area contributed by atoms with E-state index < -0.39 is 5.82 Å². The number of hydrogen-bond acceptors (Lipinski definition) is 6. The molecule has 6 nitrogen and oxygen atoms in total. The molecule has 29 heavy (non-hydrogen) atoms. The monoisotopic (exact) mass is 407 g/mol. The number of nitrogens with zero attached hydrogens (tertiary/aromatic N) is 3. The molecule has 0 radical (unpaired) electrons. The maximum absolute atomic E-state index is 13.7. The number of hydrogen-bond donors (Lipinski definition) is 0. The Morgan fingerprint density at radius 3 is 2.79 bits per heavy atom.